The molecule has 0 bridgehead atoms. The number of nitrogens with one attached hydrogen (secondary N) is 1. The van der Waals surface area contributed by atoms with Gasteiger partial charge in [0.05, 0.1) is 5.69 Å². The largest absolute Gasteiger partial charge is 0.299 e. The lowest BCUT2D eigenvalue weighted by Gasteiger charge is -2.32. The van der Waals surface area contributed by atoms with E-state index in [4.69, 9.17) is 0 Å². The van der Waals surface area contributed by atoms with Crippen molar-refractivity contribution in [2.75, 3.05) is 13.1 Å². The van der Waals surface area contributed by atoms with Crippen molar-refractivity contribution in [2.45, 2.75) is 50.6 Å². The van der Waals surface area contributed by atoms with E-state index in [0.29, 0.717) is 24.2 Å². The second-order valence-electron chi connectivity index (χ2n) is 7.53. The van der Waals surface area contributed by atoms with Gasteiger partial charge in [-0.25, -0.2) is 18.1 Å². The topological polar surface area (TPSA) is 96.7 Å². The lowest BCUT2D eigenvalue weighted by molar-refractivity contribution is 0.200. The van der Waals surface area contributed by atoms with Gasteiger partial charge in [0, 0.05) is 25.7 Å². The maximum atomic E-state index is 13.0. The molecule has 30 heavy (non-hydrogen) atoms. The summed E-state index contributed by atoms with van der Waals surface area (Å²) in [4.78, 5) is 19.6. The van der Waals surface area contributed by atoms with Crippen LogP contribution in [0.5, 0.6) is 0 Å². The molecule has 0 saturated carbocycles. The Morgan fingerprint density at radius 2 is 1.90 bits per heavy atom. The SMILES string of the molecule is CCc1nn2c(=O)c(S(=O)(=O)NC3CCN(Cc4ccccc4)CC3)c(C)nc2s1. The van der Waals surface area contributed by atoms with Crippen LogP contribution in [0.4, 0.5) is 0 Å². The zero-order chi connectivity index (χ0) is 21.3. The molecule has 4 rings (SSSR count). The van der Waals surface area contributed by atoms with Crippen molar-refractivity contribution < 1.29 is 8.42 Å². The fraction of sp³-hybridized carbons (Fsp3) is 0.450. The van der Waals surface area contributed by atoms with Crippen LogP contribution >= 0.6 is 11.3 Å². The number of nitrogens with zero attached hydrogens (tertiary/aromatic N) is 4. The van der Waals surface area contributed by atoms with Crippen molar-refractivity contribution in [1.82, 2.24) is 24.2 Å². The maximum absolute atomic E-state index is 13.0. The number of aryl methyl sites for hydroxylation is 2. The molecule has 0 atom stereocenters. The van der Waals surface area contributed by atoms with Gasteiger partial charge in [-0.15, -0.1) is 0 Å². The van der Waals surface area contributed by atoms with E-state index in [2.05, 4.69) is 31.8 Å². The Kier molecular flexibility index (Phi) is 6.01. The number of hydrogen-bond donors (Lipinski definition) is 1. The molecule has 1 aromatic carbocycles. The third-order valence-corrected chi connectivity index (χ3v) is 8.01. The Bertz CT molecular complexity index is 1200. The summed E-state index contributed by atoms with van der Waals surface area (Å²) in [6.45, 7) is 5.93. The molecule has 1 fully saturated rings. The lowest BCUT2D eigenvalue weighted by atomic mass is 10.1. The Balaban J connectivity index is 1.48. The van der Waals surface area contributed by atoms with Gasteiger partial charge in [-0.3, -0.25) is 9.69 Å². The summed E-state index contributed by atoms with van der Waals surface area (Å²) in [6.07, 6.45) is 2.05. The summed E-state index contributed by atoms with van der Waals surface area (Å²) >= 11 is 1.30. The van der Waals surface area contributed by atoms with Crippen LogP contribution in [0.1, 0.15) is 36.0 Å². The second-order valence-corrected chi connectivity index (χ2v) is 10.2. The van der Waals surface area contributed by atoms with E-state index in [9.17, 15) is 13.2 Å². The highest BCUT2D eigenvalue weighted by atomic mass is 32.2. The van der Waals surface area contributed by atoms with E-state index < -0.39 is 15.6 Å². The molecule has 10 heteroatoms. The van der Waals surface area contributed by atoms with E-state index >= 15 is 0 Å². The molecule has 1 aliphatic heterocycles. The highest BCUT2D eigenvalue weighted by Crippen LogP contribution is 2.19. The van der Waals surface area contributed by atoms with Gasteiger partial charge in [0.2, 0.25) is 15.0 Å². The Labute approximate surface area is 179 Å². The molecule has 0 radical (unpaired) electrons. The average molecular weight is 448 g/mol. The molecule has 0 amide bonds. The lowest BCUT2D eigenvalue weighted by Crippen LogP contribution is -2.45. The molecule has 8 nitrogen and oxygen atoms in total. The first-order valence-corrected chi connectivity index (χ1v) is 12.4. The van der Waals surface area contributed by atoms with Gasteiger partial charge in [-0.2, -0.15) is 9.61 Å². The first-order valence-electron chi connectivity index (χ1n) is 10.1. The number of rotatable bonds is 6. The summed E-state index contributed by atoms with van der Waals surface area (Å²) in [6, 6.07) is 10.0. The van der Waals surface area contributed by atoms with Crippen molar-refractivity contribution >= 4 is 26.3 Å². The molecule has 0 spiro atoms. The van der Waals surface area contributed by atoms with E-state index in [0.717, 1.165) is 29.2 Å². The normalized spacial score (nSPS) is 16.3. The van der Waals surface area contributed by atoms with Crippen molar-refractivity contribution in [3.8, 4) is 0 Å². The molecular weight excluding hydrogens is 422 g/mol. The van der Waals surface area contributed by atoms with Crippen molar-refractivity contribution in [2.24, 2.45) is 0 Å². The van der Waals surface area contributed by atoms with Gasteiger partial charge in [0.25, 0.3) is 5.56 Å². The molecule has 3 aromatic rings. The van der Waals surface area contributed by atoms with Gasteiger partial charge in [0.1, 0.15) is 5.01 Å². The summed E-state index contributed by atoms with van der Waals surface area (Å²) in [5.74, 6) is 0. The molecule has 3 heterocycles. The van der Waals surface area contributed by atoms with Crippen LogP contribution in [-0.2, 0) is 23.0 Å². The smallest absolute Gasteiger partial charge is 0.295 e. The van der Waals surface area contributed by atoms with E-state index in [1.807, 2.05) is 25.1 Å². The van der Waals surface area contributed by atoms with Gasteiger partial charge in [-0.05, 0) is 31.7 Å². The summed E-state index contributed by atoms with van der Waals surface area (Å²) in [5.41, 5.74) is 0.817. The summed E-state index contributed by atoms with van der Waals surface area (Å²) in [7, 11) is -3.99. The van der Waals surface area contributed by atoms with Crippen LogP contribution < -0.4 is 10.3 Å². The number of piperidine rings is 1. The average Bonchev–Trinajstić information content (AvgIpc) is 3.13. The van der Waals surface area contributed by atoms with Crippen molar-refractivity contribution in [3.63, 3.8) is 0 Å². The number of hydrogen-bond acceptors (Lipinski definition) is 7. The van der Waals surface area contributed by atoms with E-state index in [-0.39, 0.29) is 16.6 Å². The molecule has 0 aliphatic carbocycles. The van der Waals surface area contributed by atoms with E-state index in [1.54, 1.807) is 6.92 Å². The molecule has 160 valence electrons. The van der Waals surface area contributed by atoms with Crippen LogP contribution in [0.3, 0.4) is 0 Å². The van der Waals surface area contributed by atoms with Gasteiger partial charge >= 0.3 is 0 Å². The first-order chi connectivity index (χ1) is 14.4. The number of aromatic nitrogens is 3. The predicted octanol–water partition coefficient (Wildman–Crippen LogP) is 1.96. The van der Waals surface area contributed by atoms with Crippen LogP contribution in [0.15, 0.2) is 40.0 Å². The highest BCUT2D eigenvalue weighted by molar-refractivity contribution is 7.89. The van der Waals surface area contributed by atoms with Crippen molar-refractivity contribution in [1.29, 1.82) is 0 Å². The van der Waals surface area contributed by atoms with Crippen LogP contribution in [-0.4, -0.2) is 47.0 Å². The first kappa shape index (κ1) is 21.1. The van der Waals surface area contributed by atoms with Crippen LogP contribution in [0.25, 0.3) is 4.96 Å². The fourth-order valence-electron chi connectivity index (χ4n) is 3.75. The van der Waals surface area contributed by atoms with Crippen molar-refractivity contribution in [3.05, 3.63) is 57.0 Å². The Morgan fingerprint density at radius 3 is 2.57 bits per heavy atom. The molecule has 1 aliphatic rings. The monoisotopic (exact) mass is 447 g/mol. The number of likely N-dealkylation sites (tertiary alicyclic amines) is 1. The highest BCUT2D eigenvalue weighted by Gasteiger charge is 2.29. The molecule has 2 aromatic heterocycles. The standard InChI is InChI=1S/C20H25N5O3S2/c1-3-17-22-25-19(26)18(14(2)21-20(25)29-17)30(27,28)23-16-9-11-24(12-10-16)13-15-7-5-4-6-8-15/h4-8,16,23H,3,9-13H2,1-2H3. The minimum atomic E-state index is -3.99. The van der Waals surface area contributed by atoms with E-state index in [1.165, 1.54) is 16.9 Å². The van der Waals surface area contributed by atoms with Gasteiger partial charge in [-0.1, -0.05) is 48.6 Å². The Hall–Kier alpha value is -2.14. The molecular formula is C20H25N5O3S2. The summed E-state index contributed by atoms with van der Waals surface area (Å²) in [5, 5.41) is 4.95. The second kappa shape index (κ2) is 8.54. The quantitative estimate of drug-likeness (QED) is 0.621. The zero-order valence-corrected chi connectivity index (χ0v) is 18.7. The fourth-order valence-corrected chi connectivity index (χ4v) is 6.17. The van der Waals surface area contributed by atoms with Crippen LogP contribution in [0.2, 0.25) is 0 Å². The Morgan fingerprint density at radius 1 is 1.20 bits per heavy atom. The zero-order valence-electron chi connectivity index (χ0n) is 17.0. The van der Waals surface area contributed by atoms with Gasteiger partial charge < -0.3 is 0 Å². The van der Waals surface area contributed by atoms with Gasteiger partial charge in [0.15, 0.2) is 4.90 Å². The minimum absolute atomic E-state index is 0.205. The predicted molar refractivity (Wildman–Crippen MR) is 116 cm³/mol. The third kappa shape index (κ3) is 4.31. The maximum Gasteiger partial charge on any atom is 0.295 e. The number of sulfonamides is 1. The number of benzene rings is 1. The molecule has 0 unspecified atom stereocenters. The van der Waals surface area contributed by atoms with Crippen LogP contribution in [0, 0.1) is 6.92 Å². The number of fused-ring (bicyclic) bond motifs is 1. The minimum Gasteiger partial charge on any atom is -0.299 e. The summed E-state index contributed by atoms with van der Waals surface area (Å²) < 4.78 is 29.9. The molecule has 1 saturated heterocycles. The third-order valence-electron chi connectivity index (χ3n) is 5.31. The molecule has 1 N–H and O–H groups in total.